The zero-order valence-corrected chi connectivity index (χ0v) is 12.9. The molecule has 3 unspecified atom stereocenters. The van der Waals surface area contributed by atoms with Gasteiger partial charge in [0.1, 0.15) is 0 Å². The molecule has 3 atom stereocenters. The van der Waals surface area contributed by atoms with Crippen molar-refractivity contribution in [3.8, 4) is 0 Å². The summed E-state index contributed by atoms with van der Waals surface area (Å²) in [6.45, 7) is 3.63. The minimum absolute atomic E-state index is 0.746. The summed E-state index contributed by atoms with van der Waals surface area (Å²) >= 11 is 0. The van der Waals surface area contributed by atoms with Crippen molar-refractivity contribution in [3.05, 3.63) is 35.4 Å². The molecule has 1 saturated carbocycles. The van der Waals surface area contributed by atoms with Crippen LogP contribution in [0, 0.1) is 5.92 Å². The van der Waals surface area contributed by atoms with Crippen molar-refractivity contribution in [3.63, 3.8) is 0 Å². The quantitative estimate of drug-likeness (QED) is 0.788. The molecule has 1 N–H and O–H groups in total. The van der Waals surface area contributed by atoms with Gasteiger partial charge in [-0.3, -0.25) is 0 Å². The lowest BCUT2D eigenvalue weighted by Gasteiger charge is -2.29. The molecule has 0 heterocycles. The van der Waals surface area contributed by atoms with Crippen molar-refractivity contribution >= 4 is 0 Å². The lowest BCUT2D eigenvalue weighted by Crippen LogP contribution is -2.37. The van der Waals surface area contributed by atoms with Crippen LogP contribution in [0.2, 0.25) is 0 Å². The fraction of sp³-hybridized carbons (Fsp3) is 0.684. The largest absolute Gasteiger partial charge is 0.313 e. The third-order valence-corrected chi connectivity index (χ3v) is 5.48. The van der Waals surface area contributed by atoms with Gasteiger partial charge >= 0.3 is 0 Å². The lowest BCUT2D eigenvalue weighted by molar-refractivity contribution is 0.342. The van der Waals surface area contributed by atoms with Gasteiger partial charge in [-0.05, 0) is 55.1 Å². The molecule has 0 bridgehead atoms. The van der Waals surface area contributed by atoms with Crippen LogP contribution in [-0.2, 0) is 6.42 Å². The number of rotatable bonds is 3. The van der Waals surface area contributed by atoms with Crippen LogP contribution in [0.25, 0.3) is 0 Å². The van der Waals surface area contributed by atoms with Crippen molar-refractivity contribution in [2.24, 2.45) is 5.92 Å². The Labute approximate surface area is 124 Å². The molecule has 1 nitrogen and oxygen atoms in total. The van der Waals surface area contributed by atoms with Gasteiger partial charge in [0.05, 0.1) is 0 Å². The van der Waals surface area contributed by atoms with Crippen molar-refractivity contribution in [2.75, 3.05) is 6.54 Å². The fourth-order valence-corrected chi connectivity index (χ4v) is 4.16. The zero-order chi connectivity index (χ0) is 13.8. The molecule has 1 aromatic carbocycles. The van der Waals surface area contributed by atoms with Crippen molar-refractivity contribution in [1.82, 2.24) is 5.32 Å². The summed E-state index contributed by atoms with van der Waals surface area (Å²) in [4.78, 5) is 0. The highest BCUT2D eigenvalue weighted by Crippen LogP contribution is 2.31. The molecular formula is C19H29N. The van der Waals surface area contributed by atoms with Gasteiger partial charge in [0.25, 0.3) is 0 Å². The molecular weight excluding hydrogens is 242 g/mol. The minimum atomic E-state index is 0.746. The number of hydrogen-bond acceptors (Lipinski definition) is 1. The predicted molar refractivity (Wildman–Crippen MR) is 86.2 cm³/mol. The van der Waals surface area contributed by atoms with Crippen LogP contribution in [0.15, 0.2) is 24.3 Å². The summed E-state index contributed by atoms with van der Waals surface area (Å²) in [5, 5.41) is 3.92. The summed E-state index contributed by atoms with van der Waals surface area (Å²) < 4.78 is 0. The van der Waals surface area contributed by atoms with E-state index in [-0.39, 0.29) is 0 Å². The molecule has 1 fully saturated rings. The van der Waals surface area contributed by atoms with E-state index in [1.54, 1.807) is 11.1 Å². The Morgan fingerprint density at radius 3 is 2.80 bits per heavy atom. The minimum Gasteiger partial charge on any atom is -0.313 e. The average molecular weight is 271 g/mol. The first kappa shape index (κ1) is 14.1. The predicted octanol–water partition coefficient (Wildman–Crippen LogP) is 4.66. The lowest BCUT2D eigenvalue weighted by atomic mass is 9.82. The molecule has 1 aromatic rings. The maximum Gasteiger partial charge on any atom is 0.00929 e. The third kappa shape index (κ3) is 3.25. The molecule has 0 aliphatic heterocycles. The number of hydrogen-bond donors (Lipinski definition) is 1. The van der Waals surface area contributed by atoms with Gasteiger partial charge in [-0.25, -0.2) is 0 Å². The third-order valence-electron chi connectivity index (χ3n) is 5.48. The zero-order valence-electron chi connectivity index (χ0n) is 12.9. The second-order valence-corrected chi connectivity index (χ2v) is 6.92. The highest BCUT2D eigenvalue weighted by molar-refractivity contribution is 5.32. The first-order chi connectivity index (χ1) is 9.84. The topological polar surface area (TPSA) is 12.0 Å². The molecule has 0 saturated heterocycles. The monoisotopic (exact) mass is 271 g/mol. The van der Waals surface area contributed by atoms with E-state index in [0.29, 0.717) is 0 Å². The van der Waals surface area contributed by atoms with E-state index in [9.17, 15) is 0 Å². The number of fused-ring (bicyclic) bond motifs is 1. The standard InChI is InChI=1S/C19H29N/c1-15-8-3-2-4-13-19(15)20-14-17-11-7-10-16-9-5-6-12-18(16)17/h5-6,9,12,15,17,19-20H,2-4,7-8,10-11,13-14H2,1H3. The van der Waals surface area contributed by atoms with Gasteiger partial charge in [-0.15, -0.1) is 0 Å². The Morgan fingerprint density at radius 2 is 1.85 bits per heavy atom. The van der Waals surface area contributed by atoms with Crippen LogP contribution in [0.1, 0.15) is 68.9 Å². The molecule has 0 radical (unpaired) electrons. The molecule has 110 valence electrons. The number of nitrogens with one attached hydrogen (secondary N) is 1. The van der Waals surface area contributed by atoms with E-state index in [1.165, 1.54) is 57.9 Å². The van der Waals surface area contributed by atoms with Crippen LogP contribution in [0.4, 0.5) is 0 Å². The molecule has 20 heavy (non-hydrogen) atoms. The van der Waals surface area contributed by atoms with E-state index in [1.807, 2.05) is 0 Å². The van der Waals surface area contributed by atoms with Crippen molar-refractivity contribution < 1.29 is 0 Å². The summed E-state index contributed by atoms with van der Waals surface area (Å²) in [6, 6.07) is 9.85. The van der Waals surface area contributed by atoms with Gasteiger partial charge in [-0.1, -0.05) is 50.5 Å². The molecule has 3 rings (SSSR count). The first-order valence-corrected chi connectivity index (χ1v) is 8.66. The van der Waals surface area contributed by atoms with E-state index in [2.05, 4.69) is 36.5 Å². The van der Waals surface area contributed by atoms with Gasteiger partial charge in [0.15, 0.2) is 0 Å². The summed E-state index contributed by atoms with van der Waals surface area (Å²) in [7, 11) is 0. The normalized spacial score (nSPS) is 30.6. The van der Waals surface area contributed by atoms with Crippen molar-refractivity contribution in [2.45, 2.75) is 70.3 Å². The summed E-state index contributed by atoms with van der Waals surface area (Å²) in [5.74, 6) is 1.60. The Bertz CT molecular complexity index is 426. The highest BCUT2D eigenvalue weighted by Gasteiger charge is 2.23. The Kier molecular flexibility index (Phi) is 4.77. The van der Waals surface area contributed by atoms with E-state index >= 15 is 0 Å². The van der Waals surface area contributed by atoms with Crippen LogP contribution in [0.3, 0.4) is 0 Å². The number of benzene rings is 1. The Hall–Kier alpha value is -0.820. The maximum atomic E-state index is 3.92. The SMILES string of the molecule is CC1CCCCCC1NCC1CCCc2ccccc21. The van der Waals surface area contributed by atoms with E-state index < -0.39 is 0 Å². The van der Waals surface area contributed by atoms with Gasteiger partial charge in [0.2, 0.25) is 0 Å². The molecule has 1 heteroatoms. The summed E-state index contributed by atoms with van der Waals surface area (Å²) in [6.07, 6.45) is 11.1. The number of aryl methyl sites for hydroxylation is 1. The molecule has 0 aromatic heterocycles. The Balaban J connectivity index is 1.61. The second kappa shape index (κ2) is 6.76. The maximum absolute atomic E-state index is 3.92. The first-order valence-electron chi connectivity index (χ1n) is 8.66. The second-order valence-electron chi connectivity index (χ2n) is 6.92. The average Bonchev–Trinajstić information content (AvgIpc) is 2.69. The fourth-order valence-electron chi connectivity index (χ4n) is 4.16. The molecule has 2 aliphatic rings. The van der Waals surface area contributed by atoms with Crippen LogP contribution >= 0.6 is 0 Å². The molecule has 0 spiro atoms. The van der Waals surface area contributed by atoms with E-state index in [4.69, 9.17) is 0 Å². The van der Waals surface area contributed by atoms with Gasteiger partial charge in [0, 0.05) is 12.6 Å². The Morgan fingerprint density at radius 1 is 1.00 bits per heavy atom. The van der Waals surface area contributed by atoms with Crippen molar-refractivity contribution in [1.29, 1.82) is 0 Å². The van der Waals surface area contributed by atoms with Gasteiger partial charge in [-0.2, -0.15) is 0 Å². The molecule has 0 amide bonds. The summed E-state index contributed by atoms with van der Waals surface area (Å²) in [5.41, 5.74) is 3.21. The smallest absolute Gasteiger partial charge is 0.00929 e. The van der Waals surface area contributed by atoms with Gasteiger partial charge < -0.3 is 5.32 Å². The molecule has 2 aliphatic carbocycles. The van der Waals surface area contributed by atoms with Crippen LogP contribution in [-0.4, -0.2) is 12.6 Å². The van der Waals surface area contributed by atoms with Crippen LogP contribution < -0.4 is 5.32 Å². The van der Waals surface area contributed by atoms with E-state index in [0.717, 1.165) is 17.9 Å². The van der Waals surface area contributed by atoms with Crippen LogP contribution in [0.5, 0.6) is 0 Å². The highest BCUT2D eigenvalue weighted by atomic mass is 14.9.